The third-order valence-electron chi connectivity index (χ3n) is 5.16. The van der Waals surface area contributed by atoms with Gasteiger partial charge in [0.05, 0.1) is 17.7 Å². The molecule has 0 radical (unpaired) electrons. The molecule has 0 saturated carbocycles. The van der Waals surface area contributed by atoms with Gasteiger partial charge in [0.2, 0.25) is 6.41 Å². The summed E-state index contributed by atoms with van der Waals surface area (Å²) in [7, 11) is 3.32. The summed E-state index contributed by atoms with van der Waals surface area (Å²) in [5.41, 5.74) is 9.42. The van der Waals surface area contributed by atoms with Crippen LogP contribution in [0.15, 0.2) is 22.9 Å². The van der Waals surface area contributed by atoms with Gasteiger partial charge in [-0.1, -0.05) is 0 Å². The van der Waals surface area contributed by atoms with Gasteiger partial charge in [-0.05, 0) is 59.3 Å². The SMILES string of the molecule is COCCN(C)C=O.N=Cc1cc(Nc2ncnc3sc4c(c23)CCCC4)c(Br)cc1N. The Hall–Kier alpha value is -2.56. The summed E-state index contributed by atoms with van der Waals surface area (Å²) >= 11 is 5.32. The highest BCUT2D eigenvalue weighted by molar-refractivity contribution is 9.10. The number of anilines is 3. The molecule has 0 aliphatic heterocycles. The molecule has 1 aromatic carbocycles. The molecule has 3 aromatic rings. The molecule has 1 aliphatic rings. The highest BCUT2D eigenvalue weighted by Crippen LogP contribution is 2.39. The predicted octanol–water partition coefficient (Wildman–Crippen LogP) is 4.38. The maximum absolute atomic E-state index is 9.88. The quantitative estimate of drug-likeness (QED) is 0.242. The molecule has 2 aromatic heterocycles. The molecule has 4 rings (SSSR count). The normalized spacial score (nSPS) is 12.5. The van der Waals surface area contributed by atoms with Crippen molar-refractivity contribution in [1.82, 2.24) is 14.9 Å². The molecule has 10 heteroatoms. The van der Waals surface area contributed by atoms with Crippen LogP contribution in [0.1, 0.15) is 28.8 Å². The number of thiophene rings is 1. The van der Waals surface area contributed by atoms with Gasteiger partial charge in [0.1, 0.15) is 17.0 Å². The maximum Gasteiger partial charge on any atom is 0.209 e. The first-order chi connectivity index (χ1) is 15.5. The summed E-state index contributed by atoms with van der Waals surface area (Å²) in [6, 6.07) is 3.67. The highest BCUT2D eigenvalue weighted by atomic mass is 79.9. The minimum atomic E-state index is 0.572. The van der Waals surface area contributed by atoms with Crippen LogP contribution in [-0.4, -0.2) is 54.8 Å². The van der Waals surface area contributed by atoms with E-state index in [0.29, 0.717) is 24.4 Å². The lowest BCUT2D eigenvalue weighted by molar-refractivity contribution is -0.117. The molecule has 4 N–H and O–H groups in total. The second-order valence-electron chi connectivity index (χ2n) is 7.42. The Morgan fingerprint density at radius 1 is 1.34 bits per heavy atom. The van der Waals surface area contributed by atoms with E-state index < -0.39 is 0 Å². The summed E-state index contributed by atoms with van der Waals surface area (Å²) in [5.74, 6) is 0.820. The van der Waals surface area contributed by atoms with Crippen molar-refractivity contribution in [3.05, 3.63) is 38.9 Å². The van der Waals surface area contributed by atoms with Crippen LogP contribution in [0.2, 0.25) is 0 Å². The van der Waals surface area contributed by atoms with Crippen LogP contribution in [0.3, 0.4) is 0 Å². The molecule has 0 fully saturated rings. The third-order valence-corrected chi connectivity index (χ3v) is 7.02. The Morgan fingerprint density at radius 2 is 2.12 bits per heavy atom. The first-order valence-corrected chi connectivity index (χ1v) is 11.9. The molecule has 2 heterocycles. The van der Waals surface area contributed by atoms with E-state index in [0.717, 1.165) is 45.4 Å². The van der Waals surface area contributed by atoms with E-state index in [-0.39, 0.29) is 0 Å². The number of benzene rings is 1. The number of aryl methyl sites for hydroxylation is 2. The molecule has 0 spiro atoms. The van der Waals surface area contributed by atoms with E-state index in [9.17, 15) is 4.79 Å². The number of nitrogens with one attached hydrogen (secondary N) is 2. The monoisotopic (exact) mass is 518 g/mol. The zero-order chi connectivity index (χ0) is 23.1. The second-order valence-corrected chi connectivity index (χ2v) is 9.36. The smallest absolute Gasteiger partial charge is 0.209 e. The molecule has 1 aliphatic carbocycles. The predicted molar refractivity (Wildman–Crippen MR) is 134 cm³/mol. The number of halogens is 1. The Bertz CT molecular complexity index is 1100. The molecule has 0 saturated heterocycles. The van der Waals surface area contributed by atoms with Gasteiger partial charge < -0.3 is 26.1 Å². The molecule has 8 nitrogen and oxygen atoms in total. The minimum absolute atomic E-state index is 0.572. The molecular formula is C22H27BrN6O2S. The maximum atomic E-state index is 9.88. The van der Waals surface area contributed by atoms with Crippen LogP contribution in [0.4, 0.5) is 17.2 Å². The van der Waals surface area contributed by atoms with Gasteiger partial charge in [-0.3, -0.25) is 4.79 Å². The number of rotatable bonds is 7. The van der Waals surface area contributed by atoms with Crippen LogP contribution in [0, 0.1) is 5.41 Å². The number of nitrogen functional groups attached to an aromatic ring is 1. The van der Waals surface area contributed by atoms with Gasteiger partial charge in [-0.2, -0.15) is 0 Å². The van der Waals surface area contributed by atoms with Crippen LogP contribution >= 0.6 is 27.3 Å². The molecule has 0 unspecified atom stereocenters. The van der Waals surface area contributed by atoms with Crippen molar-refractivity contribution in [3.8, 4) is 0 Å². The number of carbonyl (C=O) groups is 1. The average Bonchev–Trinajstić information content (AvgIpc) is 3.19. The number of aromatic nitrogens is 2. The number of carbonyl (C=O) groups excluding carboxylic acids is 1. The molecule has 0 bridgehead atoms. The van der Waals surface area contributed by atoms with E-state index in [1.807, 2.05) is 12.1 Å². The van der Waals surface area contributed by atoms with E-state index in [4.69, 9.17) is 15.9 Å². The first kappa shape index (κ1) is 24.1. The largest absolute Gasteiger partial charge is 0.398 e. The number of methoxy groups -OCH3 is 1. The summed E-state index contributed by atoms with van der Waals surface area (Å²) in [5, 5.41) is 12.0. The molecule has 32 heavy (non-hydrogen) atoms. The number of nitrogens with two attached hydrogens (primary N) is 1. The lowest BCUT2D eigenvalue weighted by Crippen LogP contribution is -2.20. The number of likely N-dealkylation sites (N-methyl/N-ethyl adjacent to an activating group) is 1. The fourth-order valence-electron chi connectivity index (χ4n) is 3.43. The zero-order valence-electron chi connectivity index (χ0n) is 18.2. The van der Waals surface area contributed by atoms with Crippen LogP contribution < -0.4 is 11.1 Å². The number of nitrogens with zero attached hydrogens (tertiary/aromatic N) is 3. The number of hydrogen-bond donors (Lipinski definition) is 3. The Balaban J connectivity index is 0.000000312. The van der Waals surface area contributed by atoms with Crippen LogP contribution in [-0.2, 0) is 22.4 Å². The third kappa shape index (κ3) is 5.62. The molecule has 0 atom stereocenters. The van der Waals surface area contributed by atoms with E-state index >= 15 is 0 Å². The topological polar surface area (TPSA) is 117 Å². The lowest BCUT2D eigenvalue weighted by Gasteiger charge is -2.14. The zero-order valence-corrected chi connectivity index (χ0v) is 20.6. The van der Waals surface area contributed by atoms with Gasteiger partial charge in [-0.25, -0.2) is 9.97 Å². The number of fused-ring (bicyclic) bond motifs is 3. The fourth-order valence-corrected chi connectivity index (χ4v) is 5.12. The average molecular weight is 519 g/mol. The van der Waals surface area contributed by atoms with Crippen LogP contribution in [0.25, 0.3) is 10.2 Å². The van der Waals surface area contributed by atoms with Crippen molar-refractivity contribution < 1.29 is 9.53 Å². The van der Waals surface area contributed by atoms with Crippen molar-refractivity contribution in [3.63, 3.8) is 0 Å². The van der Waals surface area contributed by atoms with Gasteiger partial charge in [0.15, 0.2) is 0 Å². The fraction of sp³-hybridized carbons (Fsp3) is 0.364. The summed E-state index contributed by atoms with van der Waals surface area (Å²) < 4.78 is 5.56. The van der Waals surface area contributed by atoms with Crippen molar-refractivity contribution >= 4 is 67.3 Å². The Labute approximate surface area is 199 Å². The number of ether oxygens (including phenoxy) is 1. The Morgan fingerprint density at radius 3 is 2.84 bits per heavy atom. The van der Waals surface area contributed by atoms with Crippen molar-refractivity contribution in [2.24, 2.45) is 0 Å². The molecular weight excluding hydrogens is 492 g/mol. The Kier molecular flexibility index (Phi) is 8.54. The first-order valence-electron chi connectivity index (χ1n) is 10.2. The summed E-state index contributed by atoms with van der Waals surface area (Å²) in [6.07, 6.45) is 8.34. The molecule has 170 valence electrons. The number of hydrogen-bond acceptors (Lipinski definition) is 8. The van der Waals surface area contributed by atoms with Crippen molar-refractivity contribution in [2.45, 2.75) is 25.7 Å². The summed E-state index contributed by atoms with van der Waals surface area (Å²) in [6.45, 7) is 1.27. The van der Waals surface area contributed by atoms with E-state index in [1.165, 1.54) is 34.4 Å². The number of amides is 1. The van der Waals surface area contributed by atoms with Gasteiger partial charge in [0.25, 0.3) is 0 Å². The van der Waals surface area contributed by atoms with Gasteiger partial charge in [-0.15, -0.1) is 11.3 Å². The lowest BCUT2D eigenvalue weighted by atomic mass is 9.97. The summed E-state index contributed by atoms with van der Waals surface area (Å²) in [4.78, 5) is 22.8. The standard InChI is InChI=1S/C17H16BrN5S.C5H11NO2/c18-11-6-12(20)9(7-19)5-13(11)23-16-15-10-3-1-2-4-14(10)24-17(15)22-8-21-16;1-6(5-7)3-4-8-2/h5-8,19H,1-4,20H2,(H,21,22,23);5H,3-4H2,1-2H3. The van der Waals surface area contributed by atoms with Crippen molar-refractivity contribution in [1.29, 1.82) is 5.41 Å². The molecule has 1 amide bonds. The van der Waals surface area contributed by atoms with E-state index in [2.05, 4.69) is 31.2 Å². The van der Waals surface area contributed by atoms with E-state index in [1.54, 1.807) is 31.8 Å². The second kappa shape index (κ2) is 11.3. The van der Waals surface area contributed by atoms with Gasteiger partial charge in [0, 0.05) is 47.5 Å². The van der Waals surface area contributed by atoms with Crippen molar-refractivity contribution in [2.75, 3.05) is 38.4 Å². The highest BCUT2D eigenvalue weighted by Gasteiger charge is 2.20. The van der Waals surface area contributed by atoms with Gasteiger partial charge >= 0.3 is 0 Å². The van der Waals surface area contributed by atoms with Crippen LogP contribution in [0.5, 0.6) is 0 Å². The minimum Gasteiger partial charge on any atom is -0.398 e.